The lowest BCUT2D eigenvalue weighted by Crippen LogP contribution is -2.49. The highest BCUT2D eigenvalue weighted by molar-refractivity contribution is 5.97. The lowest BCUT2D eigenvalue weighted by atomic mass is 9.82. The molecule has 2 aromatic rings. The predicted molar refractivity (Wildman–Crippen MR) is 119 cm³/mol. The molecule has 6 heteroatoms. The molecule has 2 unspecified atom stereocenters. The van der Waals surface area contributed by atoms with Gasteiger partial charge in [-0.05, 0) is 49.6 Å². The van der Waals surface area contributed by atoms with Crippen molar-refractivity contribution in [2.24, 2.45) is 5.92 Å². The number of rotatable bonds is 6. The average Bonchev–Trinajstić information content (AvgIpc) is 3.32. The minimum Gasteiger partial charge on any atom is -0.497 e. The number of carbonyl (C=O) groups is 2. The molecule has 0 spiro atoms. The zero-order valence-corrected chi connectivity index (χ0v) is 18.2. The van der Waals surface area contributed by atoms with Crippen LogP contribution in [-0.2, 0) is 9.59 Å². The van der Waals surface area contributed by atoms with Crippen LogP contribution in [0.4, 0.5) is 5.69 Å². The summed E-state index contributed by atoms with van der Waals surface area (Å²) in [5.74, 6) is 1.08. The van der Waals surface area contributed by atoms with Crippen LogP contribution in [0.5, 0.6) is 11.5 Å². The number of anilines is 1. The second-order valence-electron chi connectivity index (χ2n) is 8.28. The van der Waals surface area contributed by atoms with E-state index >= 15 is 0 Å². The van der Waals surface area contributed by atoms with Crippen molar-refractivity contribution in [1.82, 2.24) is 5.32 Å². The van der Waals surface area contributed by atoms with E-state index in [-0.39, 0.29) is 23.8 Å². The lowest BCUT2D eigenvalue weighted by molar-refractivity contribution is -0.129. The van der Waals surface area contributed by atoms with Gasteiger partial charge < -0.3 is 19.7 Å². The normalized spacial score (nSPS) is 21.7. The van der Waals surface area contributed by atoms with E-state index in [4.69, 9.17) is 9.47 Å². The zero-order chi connectivity index (χ0) is 21.8. The molecule has 2 atom stereocenters. The number of carbonyl (C=O) groups excluding carboxylic acids is 2. The molecule has 1 saturated carbocycles. The molecule has 0 bridgehead atoms. The maximum absolute atomic E-state index is 13.4. The molecule has 2 aromatic carbocycles. The summed E-state index contributed by atoms with van der Waals surface area (Å²) in [4.78, 5) is 28.3. The summed E-state index contributed by atoms with van der Waals surface area (Å²) in [6, 6.07) is 14.9. The van der Waals surface area contributed by atoms with Crippen LogP contribution in [0.2, 0.25) is 0 Å². The number of piperidine rings is 1. The number of amides is 2. The Kier molecular flexibility index (Phi) is 6.44. The Morgan fingerprint density at radius 3 is 2.35 bits per heavy atom. The first-order chi connectivity index (χ1) is 15.1. The first-order valence-corrected chi connectivity index (χ1v) is 11.0. The summed E-state index contributed by atoms with van der Waals surface area (Å²) < 4.78 is 10.9. The third kappa shape index (κ3) is 4.38. The number of hydrogen-bond acceptors (Lipinski definition) is 4. The summed E-state index contributed by atoms with van der Waals surface area (Å²) in [5.41, 5.74) is 1.60. The van der Waals surface area contributed by atoms with Gasteiger partial charge in [-0.3, -0.25) is 9.59 Å². The first kappa shape index (κ1) is 21.2. The molecule has 2 fully saturated rings. The van der Waals surface area contributed by atoms with Gasteiger partial charge in [-0.2, -0.15) is 0 Å². The molecule has 164 valence electrons. The van der Waals surface area contributed by atoms with Crippen LogP contribution in [0.3, 0.4) is 0 Å². The highest BCUT2D eigenvalue weighted by Gasteiger charge is 2.43. The number of nitrogens with one attached hydrogen (secondary N) is 1. The largest absolute Gasteiger partial charge is 0.497 e. The molecule has 0 radical (unpaired) electrons. The number of para-hydroxylation sites is 1. The van der Waals surface area contributed by atoms with E-state index in [0.717, 1.165) is 42.7 Å². The highest BCUT2D eigenvalue weighted by atomic mass is 16.5. The van der Waals surface area contributed by atoms with E-state index in [2.05, 4.69) is 5.32 Å². The number of hydrogen-bond donors (Lipinski definition) is 1. The van der Waals surface area contributed by atoms with Crippen LogP contribution >= 0.6 is 0 Å². The topological polar surface area (TPSA) is 67.9 Å². The second kappa shape index (κ2) is 9.41. The summed E-state index contributed by atoms with van der Waals surface area (Å²) in [7, 11) is 3.23. The van der Waals surface area contributed by atoms with Gasteiger partial charge in [0.25, 0.3) is 0 Å². The van der Waals surface area contributed by atoms with Crippen LogP contribution in [-0.4, -0.2) is 32.1 Å². The average molecular weight is 423 g/mol. The molecule has 1 heterocycles. The molecule has 6 nitrogen and oxygen atoms in total. The molecular weight excluding hydrogens is 392 g/mol. The quantitative estimate of drug-likeness (QED) is 0.756. The molecule has 2 aliphatic rings. The van der Waals surface area contributed by atoms with Crippen molar-refractivity contribution in [3.63, 3.8) is 0 Å². The Morgan fingerprint density at radius 2 is 1.68 bits per heavy atom. The summed E-state index contributed by atoms with van der Waals surface area (Å²) in [5, 5.41) is 3.25. The Bertz CT molecular complexity index is 921. The Balaban J connectivity index is 1.74. The Hall–Kier alpha value is -3.02. The number of benzene rings is 2. The smallest absolute Gasteiger partial charge is 0.227 e. The standard InChI is InChI=1S/C25H30N2O4/c1-30-19-13-11-18(12-14-19)27-23(28)16-15-21(25(29)26-17-7-3-4-8-17)24(27)20-9-5-6-10-22(20)31-2/h5-6,9-14,17,21,24H,3-4,7-8,15-16H2,1-2H3,(H,26,29). The molecule has 4 rings (SSSR count). The van der Waals surface area contributed by atoms with Gasteiger partial charge in [-0.15, -0.1) is 0 Å². The fourth-order valence-corrected chi connectivity index (χ4v) is 4.86. The van der Waals surface area contributed by atoms with E-state index in [1.54, 1.807) is 19.1 Å². The molecule has 1 aliphatic carbocycles. The van der Waals surface area contributed by atoms with Gasteiger partial charge in [0.05, 0.1) is 26.2 Å². The molecular formula is C25H30N2O4. The minimum absolute atomic E-state index is 0.00555. The third-order valence-electron chi connectivity index (χ3n) is 6.44. The number of ether oxygens (including phenoxy) is 2. The molecule has 0 aromatic heterocycles. The van der Waals surface area contributed by atoms with Crippen LogP contribution in [0, 0.1) is 5.92 Å². The van der Waals surface area contributed by atoms with Crippen LogP contribution in [0.1, 0.15) is 50.1 Å². The lowest BCUT2D eigenvalue weighted by Gasteiger charge is -2.41. The van der Waals surface area contributed by atoms with Crippen LogP contribution in [0.25, 0.3) is 0 Å². The molecule has 2 amide bonds. The van der Waals surface area contributed by atoms with Crippen LogP contribution in [0.15, 0.2) is 48.5 Å². The summed E-state index contributed by atoms with van der Waals surface area (Å²) in [6.45, 7) is 0. The SMILES string of the molecule is COc1ccc(N2C(=O)CCC(C(=O)NC3CCCC3)C2c2ccccc2OC)cc1. The predicted octanol–water partition coefficient (Wildman–Crippen LogP) is 4.25. The van der Waals surface area contributed by atoms with Crippen molar-refractivity contribution in [3.8, 4) is 11.5 Å². The van der Waals surface area contributed by atoms with Gasteiger partial charge in [-0.1, -0.05) is 31.0 Å². The molecule has 1 saturated heterocycles. The van der Waals surface area contributed by atoms with Crippen molar-refractivity contribution in [1.29, 1.82) is 0 Å². The van der Waals surface area contributed by atoms with Gasteiger partial charge in [0, 0.05) is 23.7 Å². The summed E-state index contributed by atoms with van der Waals surface area (Å²) in [6.07, 6.45) is 5.22. The van der Waals surface area contributed by atoms with Crippen LogP contribution < -0.4 is 19.7 Å². The maximum Gasteiger partial charge on any atom is 0.227 e. The van der Waals surface area contributed by atoms with Gasteiger partial charge in [0.2, 0.25) is 11.8 Å². The molecule has 1 N–H and O–H groups in total. The van der Waals surface area contributed by atoms with Crippen molar-refractivity contribution < 1.29 is 19.1 Å². The van der Waals surface area contributed by atoms with Crippen molar-refractivity contribution in [2.45, 2.75) is 50.6 Å². The van der Waals surface area contributed by atoms with Gasteiger partial charge in [-0.25, -0.2) is 0 Å². The molecule has 31 heavy (non-hydrogen) atoms. The van der Waals surface area contributed by atoms with Crippen molar-refractivity contribution in [3.05, 3.63) is 54.1 Å². The second-order valence-corrected chi connectivity index (χ2v) is 8.28. The minimum atomic E-state index is -0.438. The Morgan fingerprint density at radius 1 is 0.968 bits per heavy atom. The first-order valence-electron chi connectivity index (χ1n) is 11.0. The van der Waals surface area contributed by atoms with E-state index in [9.17, 15) is 9.59 Å². The van der Waals surface area contributed by atoms with E-state index in [1.807, 2.05) is 48.5 Å². The fraction of sp³-hybridized carbons (Fsp3) is 0.440. The van der Waals surface area contributed by atoms with Crippen molar-refractivity contribution in [2.75, 3.05) is 19.1 Å². The van der Waals surface area contributed by atoms with E-state index in [0.29, 0.717) is 18.6 Å². The van der Waals surface area contributed by atoms with Gasteiger partial charge >= 0.3 is 0 Å². The fourth-order valence-electron chi connectivity index (χ4n) is 4.86. The summed E-state index contributed by atoms with van der Waals surface area (Å²) >= 11 is 0. The van der Waals surface area contributed by atoms with E-state index in [1.165, 1.54) is 0 Å². The Labute approximate surface area is 183 Å². The van der Waals surface area contributed by atoms with Gasteiger partial charge in [0.1, 0.15) is 11.5 Å². The van der Waals surface area contributed by atoms with E-state index < -0.39 is 6.04 Å². The third-order valence-corrected chi connectivity index (χ3v) is 6.44. The monoisotopic (exact) mass is 422 g/mol. The number of methoxy groups -OCH3 is 2. The molecule has 1 aliphatic heterocycles. The highest BCUT2D eigenvalue weighted by Crippen LogP contribution is 2.43. The zero-order valence-electron chi connectivity index (χ0n) is 18.2. The maximum atomic E-state index is 13.4. The number of nitrogens with zero attached hydrogens (tertiary/aromatic N) is 1. The van der Waals surface area contributed by atoms with Gasteiger partial charge in [0.15, 0.2) is 0 Å². The van der Waals surface area contributed by atoms with Crippen molar-refractivity contribution >= 4 is 17.5 Å².